The fourth-order valence-electron chi connectivity index (χ4n) is 2.50. The van der Waals surface area contributed by atoms with Crippen molar-refractivity contribution >= 4 is 16.7 Å². The highest BCUT2D eigenvalue weighted by Crippen LogP contribution is 2.27. The minimum absolute atomic E-state index is 0.00472. The van der Waals surface area contributed by atoms with Gasteiger partial charge in [0.2, 0.25) is 0 Å². The van der Waals surface area contributed by atoms with Crippen LogP contribution in [0.25, 0.3) is 10.8 Å². The van der Waals surface area contributed by atoms with Gasteiger partial charge in [0.1, 0.15) is 23.9 Å². The second-order valence-electron chi connectivity index (χ2n) is 5.78. The zero-order valence-corrected chi connectivity index (χ0v) is 14.6. The molecule has 0 aromatic heterocycles. The quantitative estimate of drug-likeness (QED) is 0.188. The van der Waals surface area contributed by atoms with Gasteiger partial charge >= 0.3 is 5.97 Å². The first kappa shape index (κ1) is 19.4. The van der Waals surface area contributed by atoms with E-state index >= 15 is 0 Å². The molecular weight excluding hydrogens is 376 g/mol. The van der Waals surface area contributed by atoms with E-state index < -0.39 is 29.2 Å². The van der Waals surface area contributed by atoms with Crippen LogP contribution in [0.2, 0.25) is 0 Å². The van der Waals surface area contributed by atoms with Crippen molar-refractivity contribution in [2.45, 2.75) is 6.92 Å². The molecule has 3 aromatic rings. The second-order valence-corrected chi connectivity index (χ2v) is 5.78. The molecule has 0 saturated heterocycles. The highest BCUT2D eigenvalue weighted by atomic mass is 19.2. The zero-order chi connectivity index (χ0) is 20.3. The van der Waals surface area contributed by atoms with E-state index in [1.165, 1.54) is 18.2 Å². The third-order valence-electron chi connectivity index (χ3n) is 3.90. The number of hydrogen-bond acceptors (Lipinski definition) is 3. The Bertz CT molecular complexity index is 1080. The molecule has 144 valence electrons. The van der Waals surface area contributed by atoms with Crippen LogP contribution in [0.3, 0.4) is 0 Å². The van der Waals surface area contributed by atoms with Gasteiger partial charge in [-0.1, -0.05) is 12.2 Å². The monoisotopic (exact) mass is 390 g/mol. The summed E-state index contributed by atoms with van der Waals surface area (Å²) in [5.74, 6) is -5.97. The molecule has 3 aromatic carbocycles. The van der Waals surface area contributed by atoms with E-state index in [-0.39, 0.29) is 34.4 Å². The number of halogens is 4. The molecule has 0 radical (unpaired) electrons. The van der Waals surface area contributed by atoms with Crippen molar-refractivity contribution in [2.75, 3.05) is 6.61 Å². The van der Waals surface area contributed by atoms with Crippen molar-refractivity contribution in [2.24, 2.45) is 0 Å². The second kappa shape index (κ2) is 8.12. The lowest BCUT2D eigenvalue weighted by Gasteiger charge is -2.09. The predicted octanol–water partition coefficient (Wildman–Crippen LogP) is 5.57. The molecule has 0 fully saturated rings. The number of esters is 1. The van der Waals surface area contributed by atoms with E-state index in [9.17, 15) is 22.4 Å². The predicted molar refractivity (Wildman–Crippen MR) is 95.5 cm³/mol. The van der Waals surface area contributed by atoms with Gasteiger partial charge in [0.25, 0.3) is 0 Å². The van der Waals surface area contributed by atoms with Crippen molar-refractivity contribution < 1.29 is 31.8 Å². The van der Waals surface area contributed by atoms with Crippen LogP contribution in [0.4, 0.5) is 17.6 Å². The first-order valence-electron chi connectivity index (χ1n) is 8.23. The van der Waals surface area contributed by atoms with Crippen LogP contribution in [0, 0.1) is 23.3 Å². The Morgan fingerprint density at radius 2 is 1.68 bits per heavy atom. The Morgan fingerprint density at radius 3 is 2.39 bits per heavy atom. The van der Waals surface area contributed by atoms with Crippen LogP contribution >= 0.6 is 0 Å². The van der Waals surface area contributed by atoms with E-state index in [1.54, 1.807) is 12.2 Å². The lowest BCUT2D eigenvalue weighted by atomic mass is 10.1. The fraction of sp³-hybridized carbons (Fsp3) is 0.0952. The molecule has 0 bridgehead atoms. The smallest absolute Gasteiger partial charge is 0.346 e. The van der Waals surface area contributed by atoms with E-state index in [1.807, 2.05) is 6.92 Å². The summed E-state index contributed by atoms with van der Waals surface area (Å²) >= 11 is 0. The highest BCUT2D eigenvalue weighted by Gasteiger charge is 2.17. The lowest BCUT2D eigenvalue weighted by molar-refractivity contribution is 0.0730. The molecule has 7 heteroatoms. The summed E-state index contributed by atoms with van der Waals surface area (Å²) in [6, 6.07) is 7.95. The van der Waals surface area contributed by atoms with Gasteiger partial charge < -0.3 is 9.47 Å². The molecule has 3 nitrogen and oxygen atoms in total. The molecule has 0 heterocycles. The average Bonchev–Trinajstić information content (AvgIpc) is 2.66. The number of carbonyl (C=O) groups is 1. The van der Waals surface area contributed by atoms with Crippen LogP contribution < -0.4 is 9.47 Å². The topological polar surface area (TPSA) is 35.5 Å². The normalized spacial score (nSPS) is 11.2. The maximum Gasteiger partial charge on any atom is 0.346 e. The zero-order valence-electron chi connectivity index (χ0n) is 14.6. The van der Waals surface area contributed by atoms with E-state index in [2.05, 4.69) is 0 Å². The molecule has 0 saturated carbocycles. The van der Waals surface area contributed by atoms with E-state index in [4.69, 9.17) is 9.47 Å². The van der Waals surface area contributed by atoms with E-state index in [0.29, 0.717) is 0 Å². The molecule has 0 spiro atoms. The van der Waals surface area contributed by atoms with Crippen LogP contribution in [-0.4, -0.2) is 12.6 Å². The van der Waals surface area contributed by atoms with Gasteiger partial charge in [-0.3, -0.25) is 0 Å². The first-order valence-corrected chi connectivity index (χ1v) is 8.23. The van der Waals surface area contributed by atoms with Crippen LogP contribution in [0.5, 0.6) is 11.5 Å². The lowest BCUT2D eigenvalue weighted by Crippen LogP contribution is -2.11. The molecule has 0 amide bonds. The Balaban J connectivity index is 1.82. The Hall–Kier alpha value is -3.35. The minimum Gasteiger partial charge on any atom is -0.489 e. The summed E-state index contributed by atoms with van der Waals surface area (Å²) in [5.41, 5.74) is -0.338. The number of benzene rings is 3. The van der Waals surface area contributed by atoms with Crippen molar-refractivity contribution in [1.82, 2.24) is 0 Å². The van der Waals surface area contributed by atoms with Crippen LogP contribution in [0.1, 0.15) is 17.3 Å². The number of rotatable bonds is 5. The van der Waals surface area contributed by atoms with E-state index in [0.717, 1.165) is 24.3 Å². The maximum absolute atomic E-state index is 14.2. The third-order valence-corrected chi connectivity index (χ3v) is 3.90. The molecule has 0 aliphatic heterocycles. The minimum atomic E-state index is -1.59. The maximum atomic E-state index is 14.2. The largest absolute Gasteiger partial charge is 0.489 e. The molecular formula is C21H14F4O3. The van der Waals surface area contributed by atoms with Gasteiger partial charge in [0.05, 0.1) is 5.56 Å². The first-order chi connectivity index (χ1) is 13.4. The van der Waals surface area contributed by atoms with Crippen LogP contribution in [0.15, 0.2) is 54.6 Å². The highest BCUT2D eigenvalue weighted by molar-refractivity contribution is 5.92. The van der Waals surface area contributed by atoms with Gasteiger partial charge in [-0.25, -0.2) is 22.4 Å². The number of hydrogen-bond donors (Lipinski definition) is 0. The summed E-state index contributed by atoms with van der Waals surface area (Å²) in [5, 5.41) is -0.178. The molecule has 3 rings (SSSR count). The summed E-state index contributed by atoms with van der Waals surface area (Å²) in [6.45, 7) is 2.07. The van der Waals surface area contributed by atoms with Gasteiger partial charge in [-0.2, -0.15) is 0 Å². The van der Waals surface area contributed by atoms with Crippen molar-refractivity contribution in [1.29, 1.82) is 0 Å². The summed E-state index contributed by atoms with van der Waals surface area (Å²) in [4.78, 5) is 12.2. The fourth-order valence-corrected chi connectivity index (χ4v) is 2.50. The number of carbonyl (C=O) groups excluding carboxylic acids is 1. The molecule has 0 aliphatic rings. The Morgan fingerprint density at radius 1 is 0.929 bits per heavy atom. The van der Waals surface area contributed by atoms with Gasteiger partial charge in [0, 0.05) is 11.5 Å². The van der Waals surface area contributed by atoms with Crippen molar-refractivity contribution in [3.63, 3.8) is 0 Å². The molecule has 0 unspecified atom stereocenters. The SMILES string of the molecule is CC=CCOc1ccc(C(=O)Oc2ccc3c(F)c(F)c(F)cc3c2)c(F)c1. The van der Waals surface area contributed by atoms with Gasteiger partial charge in [0.15, 0.2) is 17.5 Å². The standard InChI is InChI=1S/C21H14F4O3/c1-2-3-8-27-13-4-7-16(17(22)11-13)21(26)28-14-5-6-15-12(9-14)10-18(23)20(25)19(15)24/h2-7,9-11H,8H2,1H3. The summed E-state index contributed by atoms with van der Waals surface area (Å²) < 4.78 is 64.9. The number of fused-ring (bicyclic) bond motifs is 1. The Labute approximate surface area is 157 Å². The van der Waals surface area contributed by atoms with Crippen molar-refractivity contribution in [3.8, 4) is 11.5 Å². The number of allylic oxidation sites excluding steroid dienone is 1. The third kappa shape index (κ3) is 3.98. The molecule has 0 aliphatic carbocycles. The van der Waals surface area contributed by atoms with Crippen molar-refractivity contribution in [3.05, 3.63) is 83.4 Å². The molecule has 0 atom stereocenters. The molecule has 0 N–H and O–H groups in total. The summed E-state index contributed by atoms with van der Waals surface area (Å²) in [7, 11) is 0. The summed E-state index contributed by atoms with van der Waals surface area (Å²) in [6.07, 6.45) is 3.51. The van der Waals surface area contributed by atoms with Gasteiger partial charge in [-0.15, -0.1) is 0 Å². The van der Waals surface area contributed by atoms with Gasteiger partial charge in [-0.05, 0) is 48.7 Å². The average molecular weight is 390 g/mol. The molecule has 28 heavy (non-hydrogen) atoms. The Kier molecular flexibility index (Phi) is 5.63. The number of ether oxygens (including phenoxy) is 2. The van der Waals surface area contributed by atoms with Crippen LogP contribution in [-0.2, 0) is 0 Å².